The number of hydrogen-bond donors (Lipinski definition) is 2. The second kappa shape index (κ2) is 5.75. The van der Waals surface area contributed by atoms with Gasteiger partial charge in [-0.1, -0.05) is 6.07 Å². The molecule has 0 fully saturated rings. The molecule has 0 saturated carbocycles. The van der Waals surface area contributed by atoms with Crippen LogP contribution in [0.15, 0.2) is 30.5 Å². The summed E-state index contributed by atoms with van der Waals surface area (Å²) < 4.78 is 7.37. The lowest BCUT2D eigenvalue weighted by atomic mass is 10.2. The van der Waals surface area contributed by atoms with Gasteiger partial charge in [0.15, 0.2) is 0 Å². The maximum Gasteiger partial charge on any atom is 0.306 e. The summed E-state index contributed by atoms with van der Waals surface area (Å²) in [7, 11) is 0. The van der Waals surface area contributed by atoms with Crippen molar-refractivity contribution >= 4 is 16.9 Å². The van der Waals surface area contributed by atoms with Gasteiger partial charge in [0.1, 0.15) is 5.75 Å². The predicted molar refractivity (Wildman–Crippen MR) is 71.4 cm³/mol. The van der Waals surface area contributed by atoms with E-state index in [1.165, 1.54) is 0 Å². The molecule has 2 N–H and O–H groups in total. The number of aliphatic carboxylic acids is 1. The fourth-order valence-electron chi connectivity index (χ4n) is 2.13. The quantitative estimate of drug-likeness (QED) is 0.834. The lowest BCUT2D eigenvalue weighted by molar-refractivity contribution is -0.139. The molecule has 1 unspecified atom stereocenters. The largest absolute Gasteiger partial charge is 0.493 e. The zero-order valence-electron chi connectivity index (χ0n) is 10.7. The van der Waals surface area contributed by atoms with Gasteiger partial charge in [0.2, 0.25) is 0 Å². The molecule has 0 saturated heterocycles. The molecule has 19 heavy (non-hydrogen) atoms. The Kier molecular flexibility index (Phi) is 4.06. The lowest BCUT2D eigenvalue weighted by Crippen LogP contribution is -2.19. The number of carboxylic acid groups (broad SMARTS) is 1. The van der Waals surface area contributed by atoms with Crippen LogP contribution in [0.5, 0.6) is 5.75 Å². The third-order valence-electron chi connectivity index (χ3n) is 2.89. The second-order valence-corrected chi connectivity index (χ2v) is 4.34. The highest BCUT2D eigenvalue weighted by Gasteiger charge is 2.12. The van der Waals surface area contributed by atoms with E-state index in [0.29, 0.717) is 6.61 Å². The standard InChI is InChI=1S/C14H17NO4/c1-2-19-13-5-3-4-12-11(13)6-7-15(12)9-10(16)8-14(17)18/h3-7,10,16H,2,8-9H2,1H3,(H,17,18). The second-order valence-electron chi connectivity index (χ2n) is 4.34. The van der Waals surface area contributed by atoms with Crippen LogP contribution in [0.3, 0.4) is 0 Å². The predicted octanol–water partition coefficient (Wildman–Crippen LogP) is 1.88. The molecule has 0 spiro atoms. The summed E-state index contributed by atoms with van der Waals surface area (Å²) in [5.74, 6) is -0.203. The summed E-state index contributed by atoms with van der Waals surface area (Å²) >= 11 is 0. The van der Waals surface area contributed by atoms with Gasteiger partial charge >= 0.3 is 5.97 Å². The lowest BCUT2D eigenvalue weighted by Gasteiger charge is -2.11. The van der Waals surface area contributed by atoms with Crippen molar-refractivity contribution in [2.45, 2.75) is 26.0 Å². The molecular formula is C14H17NO4. The average molecular weight is 263 g/mol. The molecule has 0 amide bonds. The van der Waals surface area contributed by atoms with Crippen molar-refractivity contribution in [3.63, 3.8) is 0 Å². The third kappa shape index (κ3) is 3.06. The van der Waals surface area contributed by atoms with Crippen LogP contribution in [0.2, 0.25) is 0 Å². The van der Waals surface area contributed by atoms with Crippen molar-refractivity contribution in [2.24, 2.45) is 0 Å². The van der Waals surface area contributed by atoms with Gasteiger partial charge < -0.3 is 19.5 Å². The van der Waals surface area contributed by atoms with Crippen LogP contribution >= 0.6 is 0 Å². The van der Waals surface area contributed by atoms with Gasteiger partial charge in [0.25, 0.3) is 0 Å². The summed E-state index contributed by atoms with van der Waals surface area (Å²) in [5.41, 5.74) is 0.926. The van der Waals surface area contributed by atoms with Crippen LogP contribution in [-0.2, 0) is 11.3 Å². The fourth-order valence-corrected chi connectivity index (χ4v) is 2.13. The first kappa shape index (κ1) is 13.4. The van der Waals surface area contributed by atoms with Gasteiger partial charge in [-0.25, -0.2) is 0 Å². The molecule has 1 aromatic carbocycles. The van der Waals surface area contributed by atoms with E-state index in [4.69, 9.17) is 9.84 Å². The zero-order valence-corrected chi connectivity index (χ0v) is 10.7. The van der Waals surface area contributed by atoms with Crippen LogP contribution in [0.4, 0.5) is 0 Å². The summed E-state index contributed by atoms with van der Waals surface area (Å²) in [6.07, 6.45) is 0.673. The minimum Gasteiger partial charge on any atom is -0.493 e. The van der Waals surface area contributed by atoms with Gasteiger partial charge in [-0.3, -0.25) is 4.79 Å². The highest BCUT2D eigenvalue weighted by Crippen LogP contribution is 2.26. The Labute approximate surface area is 111 Å². The highest BCUT2D eigenvalue weighted by molar-refractivity contribution is 5.86. The molecule has 1 aromatic heterocycles. The van der Waals surface area contributed by atoms with Crippen LogP contribution in [0.25, 0.3) is 10.9 Å². The van der Waals surface area contributed by atoms with E-state index in [-0.39, 0.29) is 13.0 Å². The van der Waals surface area contributed by atoms with E-state index in [2.05, 4.69) is 0 Å². The van der Waals surface area contributed by atoms with Crippen molar-refractivity contribution in [2.75, 3.05) is 6.61 Å². The van der Waals surface area contributed by atoms with Crippen molar-refractivity contribution in [3.8, 4) is 5.75 Å². The molecule has 2 aromatic rings. The molecular weight excluding hydrogens is 246 g/mol. The van der Waals surface area contributed by atoms with E-state index in [1.54, 1.807) is 0 Å². The van der Waals surface area contributed by atoms with Gasteiger partial charge in [-0.15, -0.1) is 0 Å². The first-order chi connectivity index (χ1) is 9.11. The van der Waals surface area contributed by atoms with Crippen molar-refractivity contribution in [3.05, 3.63) is 30.5 Å². The Morgan fingerprint density at radius 3 is 2.89 bits per heavy atom. The number of hydrogen-bond acceptors (Lipinski definition) is 3. The van der Waals surface area contributed by atoms with Crippen LogP contribution in [0.1, 0.15) is 13.3 Å². The molecule has 5 heteroatoms. The van der Waals surface area contributed by atoms with Gasteiger partial charge in [0.05, 0.1) is 24.6 Å². The normalized spacial score (nSPS) is 12.5. The van der Waals surface area contributed by atoms with E-state index in [9.17, 15) is 9.90 Å². The van der Waals surface area contributed by atoms with Crippen molar-refractivity contribution < 1.29 is 19.7 Å². The fraction of sp³-hybridized carbons (Fsp3) is 0.357. The number of fused-ring (bicyclic) bond motifs is 1. The number of nitrogens with zero attached hydrogens (tertiary/aromatic N) is 1. The number of carbonyl (C=O) groups is 1. The zero-order chi connectivity index (χ0) is 13.8. The van der Waals surface area contributed by atoms with Crippen molar-refractivity contribution in [1.29, 1.82) is 0 Å². The Bertz CT molecular complexity index is 576. The SMILES string of the molecule is CCOc1cccc2c1ccn2CC(O)CC(=O)O. The topological polar surface area (TPSA) is 71.7 Å². The molecule has 0 aliphatic carbocycles. The minimum absolute atomic E-state index is 0.255. The van der Waals surface area contributed by atoms with Gasteiger partial charge in [0, 0.05) is 18.1 Å². The van der Waals surface area contributed by atoms with Gasteiger partial charge in [-0.05, 0) is 25.1 Å². The number of aromatic nitrogens is 1. The third-order valence-corrected chi connectivity index (χ3v) is 2.89. The van der Waals surface area contributed by atoms with Crippen LogP contribution in [0, 0.1) is 0 Å². The minimum atomic E-state index is -1.00. The maximum absolute atomic E-state index is 10.6. The Morgan fingerprint density at radius 1 is 1.42 bits per heavy atom. The highest BCUT2D eigenvalue weighted by atomic mass is 16.5. The summed E-state index contributed by atoms with van der Waals surface area (Å²) in [4.78, 5) is 10.6. The molecule has 0 aliphatic rings. The molecule has 2 rings (SSSR count). The number of carboxylic acids is 1. The molecule has 1 heterocycles. The number of aliphatic hydroxyl groups excluding tert-OH is 1. The number of benzene rings is 1. The molecule has 0 radical (unpaired) electrons. The van der Waals surface area contributed by atoms with E-state index in [1.807, 2.05) is 42.0 Å². The summed E-state index contributed by atoms with van der Waals surface area (Å²) in [5, 5.41) is 19.3. The number of aliphatic hydroxyl groups is 1. The molecule has 102 valence electrons. The summed E-state index contributed by atoms with van der Waals surface area (Å²) in [6, 6.07) is 7.61. The smallest absolute Gasteiger partial charge is 0.306 e. The molecule has 1 atom stereocenters. The van der Waals surface area contributed by atoms with Crippen LogP contribution < -0.4 is 4.74 Å². The maximum atomic E-state index is 10.6. The Hall–Kier alpha value is -2.01. The first-order valence-corrected chi connectivity index (χ1v) is 6.22. The van der Waals surface area contributed by atoms with E-state index >= 15 is 0 Å². The van der Waals surface area contributed by atoms with Crippen molar-refractivity contribution in [1.82, 2.24) is 4.57 Å². The molecule has 5 nitrogen and oxygen atoms in total. The Balaban J connectivity index is 2.25. The van der Waals surface area contributed by atoms with E-state index < -0.39 is 12.1 Å². The number of rotatable bonds is 6. The van der Waals surface area contributed by atoms with Crippen LogP contribution in [-0.4, -0.2) is 33.5 Å². The number of ether oxygens (including phenoxy) is 1. The average Bonchev–Trinajstić information content (AvgIpc) is 2.73. The van der Waals surface area contributed by atoms with E-state index in [0.717, 1.165) is 16.7 Å². The monoisotopic (exact) mass is 263 g/mol. The molecule has 0 aliphatic heterocycles. The molecule has 0 bridgehead atoms. The van der Waals surface area contributed by atoms with Gasteiger partial charge in [-0.2, -0.15) is 0 Å². The summed E-state index contributed by atoms with van der Waals surface area (Å²) in [6.45, 7) is 2.77. The Morgan fingerprint density at radius 2 is 2.21 bits per heavy atom. The first-order valence-electron chi connectivity index (χ1n) is 6.22.